The Bertz CT molecular complexity index is 483. The first-order chi connectivity index (χ1) is 7.99. The summed E-state index contributed by atoms with van der Waals surface area (Å²) < 4.78 is 28.4. The number of nitrogens with two attached hydrogens (primary N) is 1. The average molecular weight is 242 g/mol. The lowest BCUT2D eigenvalue weighted by Crippen LogP contribution is -2.12. The Morgan fingerprint density at radius 3 is 2.65 bits per heavy atom. The third-order valence-electron chi connectivity index (χ3n) is 1.99. The highest BCUT2D eigenvalue weighted by Gasteiger charge is 2.18. The van der Waals surface area contributed by atoms with Crippen molar-refractivity contribution < 1.29 is 23.4 Å². The van der Waals surface area contributed by atoms with Gasteiger partial charge in [0.15, 0.2) is 0 Å². The molecule has 5 nitrogen and oxygen atoms in total. The molecule has 0 aliphatic heterocycles. The van der Waals surface area contributed by atoms with Crippen molar-refractivity contribution in [3.8, 4) is 11.8 Å². The molecule has 0 heterocycles. The van der Waals surface area contributed by atoms with Crippen LogP contribution in [0.25, 0.3) is 0 Å². The van der Waals surface area contributed by atoms with Gasteiger partial charge < -0.3 is 15.6 Å². The van der Waals surface area contributed by atoms with Gasteiger partial charge in [0, 0.05) is 12.1 Å². The Balaban J connectivity index is 3.40. The third-order valence-corrected chi connectivity index (χ3v) is 1.99. The quantitative estimate of drug-likeness (QED) is 0.829. The Morgan fingerprint density at radius 1 is 1.59 bits per heavy atom. The van der Waals surface area contributed by atoms with E-state index in [0.717, 1.165) is 12.1 Å². The predicted molar refractivity (Wildman–Crippen MR) is 52.6 cm³/mol. The molecule has 0 aliphatic rings. The van der Waals surface area contributed by atoms with E-state index in [9.17, 15) is 13.6 Å². The largest absolute Gasteiger partial charge is 0.478 e. The number of benzene rings is 1. The number of carboxylic acid groups (broad SMARTS) is 1. The topological polar surface area (TPSA) is 96.3 Å². The van der Waals surface area contributed by atoms with E-state index in [4.69, 9.17) is 16.1 Å². The number of nitriles is 1. The van der Waals surface area contributed by atoms with E-state index in [-0.39, 0.29) is 29.0 Å². The van der Waals surface area contributed by atoms with Crippen molar-refractivity contribution in [3.05, 3.63) is 28.8 Å². The Labute approximate surface area is 95.0 Å². The van der Waals surface area contributed by atoms with Gasteiger partial charge in [-0.2, -0.15) is 14.0 Å². The van der Waals surface area contributed by atoms with E-state index in [1.54, 1.807) is 6.07 Å². The molecule has 90 valence electrons. The normalized spacial score (nSPS) is 10.1. The standard InChI is InChI=1S/C10H8F2N2O3/c11-10(12)17-8-2-5(3-13)1-6(9(15)16)7(8)4-14/h1-2,10H,4,14H2,(H,15,16). The van der Waals surface area contributed by atoms with Gasteiger partial charge in [-0.25, -0.2) is 4.79 Å². The second kappa shape index (κ2) is 5.23. The molecular weight excluding hydrogens is 234 g/mol. The molecule has 7 heteroatoms. The number of ether oxygens (including phenoxy) is 1. The van der Waals surface area contributed by atoms with Crippen molar-refractivity contribution in [1.82, 2.24) is 0 Å². The van der Waals surface area contributed by atoms with E-state index in [0.29, 0.717) is 0 Å². The first-order valence-corrected chi connectivity index (χ1v) is 4.44. The third kappa shape index (κ3) is 2.89. The fourth-order valence-corrected chi connectivity index (χ4v) is 1.31. The minimum Gasteiger partial charge on any atom is -0.478 e. The van der Waals surface area contributed by atoms with Crippen LogP contribution in [0.4, 0.5) is 8.78 Å². The summed E-state index contributed by atoms with van der Waals surface area (Å²) in [4.78, 5) is 10.9. The van der Waals surface area contributed by atoms with Crippen molar-refractivity contribution in [2.24, 2.45) is 5.73 Å². The molecule has 1 aromatic carbocycles. The van der Waals surface area contributed by atoms with Gasteiger partial charge >= 0.3 is 12.6 Å². The van der Waals surface area contributed by atoms with Gasteiger partial charge in [0.1, 0.15) is 5.75 Å². The molecule has 0 spiro atoms. The molecule has 0 atom stereocenters. The molecule has 0 aliphatic carbocycles. The first kappa shape index (κ1) is 12.9. The maximum absolute atomic E-state index is 12.1. The molecular formula is C10H8F2N2O3. The number of rotatable bonds is 4. The van der Waals surface area contributed by atoms with Crippen LogP contribution in [-0.4, -0.2) is 17.7 Å². The van der Waals surface area contributed by atoms with Gasteiger partial charge in [-0.15, -0.1) is 0 Å². The highest BCUT2D eigenvalue weighted by molar-refractivity contribution is 5.90. The minimum atomic E-state index is -3.11. The van der Waals surface area contributed by atoms with Gasteiger partial charge in [0.2, 0.25) is 0 Å². The van der Waals surface area contributed by atoms with E-state index in [1.165, 1.54) is 0 Å². The monoisotopic (exact) mass is 242 g/mol. The van der Waals surface area contributed by atoms with Crippen molar-refractivity contribution in [2.75, 3.05) is 0 Å². The molecule has 1 rings (SSSR count). The summed E-state index contributed by atoms with van der Waals surface area (Å²) in [5.41, 5.74) is 4.81. The van der Waals surface area contributed by atoms with Gasteiger partial charge in [-0.05, 0) is 12.1 Å². The molecule has 1 aromatic rings. The van der Waals surface area contributed by atoms with Crippen LogP contribution >= 0.6 is 0 Å². The molecule has 0 saturated heterocycles. The van der Waals surface area contributed by atoms with Gasteiger partial charge in [-0.1, -0.05) is 0 Å². The highest BCUT2D eigenvalue weighted by Crippen LogP contribution is 2.26. The zero-order valence-corrected chi connectivity index (χ0v) is 8.48. The fourth-order valence-electron chi connectivity index (χ4n) is 1.31. The summed E-state index contributed by atoms with van der Waals surface area (Å²) in [5, 5.41) is 17.5. The van der Waals surface area contributed by atoms with Crippen LogP contribution in [0.5, 0.6) is 5.75 Å². The van der Waals surface area contributed by atoms with Crippen LogP contribution in [0.1, 0.15) is 21.5 Å². The van der Waals surface area contributed by atoms with Crippen LogP contribution in [0.15, 0.2) is 12.1 Å². The molecule has 3 N–H and O–H groups in total. The van der Waals surface area contributed by atoms with Crippen molar-refractivity contribution in [1.29, 1.82) is 5.26 Å². The van der Waals surface area contributed by atoms with Crippen LogP contribution in [0, 0.1) is 11.3 Å². The fraction of sp³-hybridized carbons (Fsp3) is 0.200. The number of carbonyl (C=O) groups is 1. The lowest BCUT2D eigenvalue weighted by atomic mass is 10.0. The smallest absolute Gasteiger partial charge is 0.387 e. The van der Waals surface area contributed by atoms with E-state index >= 15 is 0 Å². The number of aromatic carboxylic acids is 1. The minimum absolute atomic E-state index is 0.0724. The second-order valence-corrected chi connectivity index (χ2v) is 3.00. The number of carboxylic acids is 1. The van der Waals surface area contributed by atoms with Gasteiger partial charge in [0.05, 0.1) is 17.2 Å². The number of nitrogens with zero attached hydrogens (tertiary/aromatic N) is 1. The van der Waals surface area contributed by atoms with E-state index in [1.807, 2.05) is 0 Å². The lowest BCUT2D eigenvalue weighted by molar-refractivity contribution is -0.0505. The predicted octanol–water partition coefficient (Wildman–Crippen LogP) is 1.32. The average Bonchev–Trinajstić information content (AvgIpc) is 2.26. The van der Waals surface area contributed by atoms with Crippen LogP contribution < -0.4 is 10.5 Å². The van der Waals surface area contributed by atoms with Crippen LogP contribution in [0.2, 0.25) is 0 Å². The maximum Gasteiger partial charge on any atom is 0.387 e. The summed E-state index contributed by atoms with van der Waals surface area (Å²) in [6, 6.07) is 3.75. The lowest BCUT2D eigenvalue weighted by Gasteiger charge is -2.12. The second-order valence-electron chi connectivity index (χ2n) is 3.00. The molecule has 0 saturated carbocycles. The Hall–Kier alpha value is -2.20. The maximum atomic E-state index is 12.1. The van der Waals surface area contributed by atoms with E-state index in [2.05, 4.69) is 4.74 Å². The zero-order valence-electron chi connectivity index (χ0n) is 8.48. The van der Waals surface area contributed by atoms with E-state index < -0.39 is 12.6 Å². The SMILES string of the molecule is N#Cc1cc(OC(F)F)c(CN)c(C(=O)O)c1. The molecule has 0 amide bonds. The molecule has 0 aromatic heterocycles. The van der Waals surface area contributed by atoms with Crippen molar-refractivity contribution in [2.45, 2.75) is 13.2 Å². The summed E-state index contributed by atoms with van der Waals surface area (Å²) in [6.45, 7) is -3.40. The number of hydrogen-bond acceptors (Lipinski definition) is 4. The first-order valence-electron chi connectivity index (χ1n) is 4.44. The van der Waals surface area contributed by atoms with Gasteiger partial charge in [0.25, 0.3) is 0 Å². The Morgan fingerprint density at radius 2 is 2.24 bits per heavy atom. The summed E-state index contributed by atoms with van der Waals surface area (Å²) >= 11 is 0. The number of halogens is 2. The Kier molecular flexibility index (Phi) is 3.96. The number of alkyl halides is 2. The molecule has 17 heavy (non-hydrogen) atoms. The zero-order chi connectivity index (χ0) is 13.0. The summed E-state index contributed by atoms with van der Waals surface area (Å²) in [6.07, 6.45) is 0. The van der Waals surface area contributed by atoms with Crippen LogP contribution in [-0.2, 0) is 6.54 Å². The molecule has 0 radical (unpaired) electrons. The van der Waals surface area contributed by atoms with Crippen molar-refractivity contribution in [3.63, 3.8) is 0 Å². The molecule has 0 fully saturated rings. The summed E-state index contributed by atoms with van der Waals surface area (Å²) in [5.74, 6) is -1.75. The molecule has 0 bridgehead atoms. The summed E-state index contributed by atoms with van der Waals surface area (Å²) in [7, 11) is 0. The van der Waals surface area contributed by atoms with Crippen LogP contribution in [0.3, 0.4) is 0 Å². The highest BCUT2D eigenvalue weighted by atomic mass is 19.3. The van der Waals surface area contributed by atoms with Crippen molar-refractivity contribution >= 4 is 5.97 Å². The van der Waals surface area contributed by atoms with Gasteiger partial charge in [-0.3, -0.25) is 0 Å². The number of hydrogen-bond donors (Lipinski definition) is 2. The molecule has 0 unspecified atom stereocenters.